The zero-order valence-electron chi connectivity index (χ0n) is 17.4. The van der Waals surface area contributed by atoms with Gasteiger partial charge < -0.3 is 9.80 Å². The van der Waals surface area contributed by atoms with E-state index in [4.69, 9.17) is 11.6 Å². The number of nitrogens with zero attached hydrogens (tertiary/aromatic N) is 5. The van der Waals surface area contributed by atoms with Crippen LogP contribution in [0.15, 0.2) is 48.7 Å². The van der Waals surface area contributed by atoms with Crippen LogP contribution >= 0.6 is 22.9 Å². The Hall–Kier alpha value is -2.90. The Morgan fingerprint density at radius 1 is 1.06 bits per heavy atom. The minimum atomic E-state index is 0.0788. The summed E-state index contributed by atoms with van der Waals surface area (Å²) in [5.74, 6) is 1.06. The molecule has 31 heavy (non-hydrogen) atoms. The van der Waals surface area contributed by atoms with Gasteiger partial charge in [0.2, 0.25) is 0 Å². The highest BCUT2D eigenvalue weighted by Gasteiger charge is 2.25. The van der Waals surface area contributed by atoms with Crippen LogP contribution in [0.3, 0.4) is 0 Å². The third kappa shape index (κ3) is 3.79. The number of thiophene rings is 1. The second-order valence-corrected chi connectivity index (χ2v) is 9.24. The zero-order valence-corrected chi connectivity index (χ0v) is 19.0. The first-order valence-electron chi connectivity index (χ1n) is 10.2. The van der Waals surface area contributed by atoms with Crippen LogP contribution in [0.2, 0.25) is 5.02 Å². The molecule has 0 bridgehead atoms. The average molecular weight is 452 g/mol. The van der Waals surface area contributed by atoms with E-state index in [1.54, 1.807) is 0 Å². The van der Waals surface area contributed by atoms with Gasteiger partial charge in [-0.2, -0.15) is 5.10 Å². The molecule has 1 aromatic carbocycles. The van der Waals surface area contributed by atoms with Crippen molar-refractivity contribution in [3.05, 3.63) is 69.8 Å². The second-order valence-electron chi connectivity index (χ2n) is 7.78. The molecule has 5 rings (SSSR count). The summed E-state index contributed by atoms with van der Waals surface area (Å²) in [7, 11) is 0. The summed E-state index contributed by atoms with van der Waals surface area (Å²) in [6.07, 6.45) is 1.84. The fourth-order valence-electron chi connectivity index (χ4n) is 3.92. The largest absolute Gasteiger partial charge is 0.353 e. The Balaban J connectivity index is 1.37. The van der Waals surface area contributed by atoms with Gasteiger partial charge in [-0.05, 0) is 55.8 Å². The Morgan fingerprint density at radius 3 is 2.61 bits per heavy atom. The predicted molar refractivity (Wildman–Crippen MR) is 126 cm³/mol. The lowest BCUT2D eigenvalue weighted by molar-refractivity contribution is 0.0751. The summed E-state index contributed by atoms with van der Waals surface area (Å²) in [5.41, 5.74) is 2.99. The molecule has 8 heteroatoms. The lowest BCUT2D eigenvalue weighted by Crippen LogP contribution is -2.48. The summed E-state index contributed by atoms with van der Waals surface area (Å²) in [4.78, 5) is 23.6. The summed E-state index contributed by atoms with van der Waals surface area (Å²) in [5, 5.41) is 6.32. The number of rotatable bonds is 3. The molecule has 4 heterocycles. The second kappa shape index (κ2) is 7.98. The molecule has 0 N–H and O–H groups in total. The van der Waals surface area contributed by atoms with E-state index < -0.39 is 0 Å². The van der Waals surface area contributed by atoms with E-state index in [-0.39, 0.29) is 5.91 Å². The number of fused-ring (bicyclic) bond motifs is 1. The molecule has 0 unspecified atom stereocenters. The average Bonchev–Trinajstić information content (AvgIpc) is 3.34. The number of carbonyl (C=O) groups excluding carboxylic acids is 1. The van der Waals surface area contributed by atoms with E-state index in [0.717, 1.165) is 45.4 Å². The Morgan fingerprint density at radius 2 is 1.87 bits per heavy atom. The van der Waals surface area contributed by atoms with Crippen molar-refractivity contribution in [3.8, 4) is 5.69 Å². The molecule has 1 amide bonds. The van der Waals surface area contributed by atoms with Gasteiger partial charge in [-0.15, -0.1) is 11.3 Å². The highest BCUT2D eigenvalue weighted by molar-refractivity contribution is 7.20. The van der Waals surface area contributed by atoms with Gasteiger partial charge >= 0.3 is 0 Å². The first-order valence-corrected chi connectivity index (χ1v) is 11.4. The van der Waals surface area contributed by atoms with Crippen molar-refractivity contribution in [2.24, 2.45) is 0 Å². The lowest BCUT2D eigenvalue weighted by Gasteiger charge is -2.35. The number of carbonyl (C=O) groups is 1. The number of hydrogen-bond donors (Lipinski definition) is 0. The quantitative estimate of drug-likeness (QED) is 0.452. The van der Waals surface area contributed by atoms with Crippen molar-refractivity contribution >= 4 is 44.9 Å². The number of hydrogen-bond acceptors (Lipinski definition) is 5. The number of anilines is 1. The molecule has 0 aliphatic carbocycles. The minimum Gasteiger partial charge on any atom is -0.353 e. The number of aryl methyl sites for hydroxylation is 2. The molecule has 0 saturated carbocycles. The van der Waals surface area contributed by atoms with Crippen LogP contribution in [-0.2, 0) is 0 Å². The lowest BCUT2D eigenvalue weighted by atomic mass is 10.2. The number of benzene rings is 1. The number of aromatic nitrogens is 3. The molecular formula is C23H22ClN5OS. The Kier molecular flexibility index (Phi) is 5.16. The standard InChI is InChI=1S/C23H22ClN5OS/c1-15-6-7-25-21(12-15)27-8-10-28(11-9-27)22(30)20-14-19-16(2)26-29(23(19)31-20)18-5-3-4-17(24)13-18/h3-7,12-14H,8-11H2,1-2H3. The van der Waals surface area contributed by atoms with E-state index in [2.05, 4.69) is 28.0 Å². The van der Waals surface area contributed by atoms with Gasteiger partial charge in [0.25, 0.3) is 5.91 Å². The number of pyridine rings is 1. The summed E-state index contributed by atoms with van der Waals surface area (Å²) in [6.45, 7) is 6.96. The van der Waals surface area contributed by atoms with Crippen LogP contribution < -0.4 is 4.90 Å². The maximum Gasteiger partial charge on any atom is 0.264 e. The molecule has 3 aromatic heterocycles. The van der Waals surface area contributed by atoms with E-state index in [9.17, 15) is 4.79 Å². The molecule has 0 radical (unpaired) electrons. The third-order valence-electron chi connectivity index (χ3n) is 5.60. The van der Waals surface area contributed by atoms with Crippen molar-refractivity contribution in [2.45, 2.75) is 13.8 Å². The third-order valence-corrected chi connectivity index (χ3v) is 6.93. The van der Waals surface area contributed by atoms with E-state index in [0.29, 0.717) is 18.1 Å². The molecule has 1 fully saturated rings. The number of piperazine rings is 1. The molecule has 1 aliphatic rings. The molecule has 158 valence electrons. The maximum atomic E-state index is 13.2. The van der Waals surface area contributed by atoms with Crippen LogP contribution in [0, 0.1) is 13.8 Å². The van der Waals surface area contributed by atoms with Crippen LogP contribution in [0.5, 0.6) is 0 Å². The van der Waals surface area contributed by atoms with E-state index in [1.807, 2.05) is 59.1 Å². The van der Waals surface area contributed by atoms with Gasteiger partial charge in [0, 0.05) is 42.8 Å². The van der Waals surface area contributed by atoms with Gasteiger partial charge in [0.1, 0.15) is 10.6 Å². The molecule has 0 atom stereocenters. The van der Waals surface area contributed by atoms with Crippen molar-refractivity contribution in [1.82, 2.24) is 19.7 Å². The first kappa shape index (κ1) is 20.0. The monoisotopic (exact) mass is 451 g/mol. The molecular weight excluding hydrogens is 430 g/mol. The smallest absolute Gasteiger partial charge is 0.264 e. The summed E-state index contributed by atoms with van der Waals surface area (Å²) < 4.78 is 1.87. The molecule has 0 spiro atoms. The van der Waals surface area contributed by atoms with Crippen molar-refractivity contribution < 1.29 is 4.79 Å². The van der Waals surface area contributed by atoms with Crippen LogP contribution in [0.25, 0.3) is 15.9 Å². The zero-order chi connectivity index (χ0) is 21.5. The minimum absolute atomic E-state index is 0.0788. The fraction of sp³-hybridized carbons (Fsp3) is 0.261. The summed E-state index contributed by atoms with van der Waals surface area (Å²) in [6, 6.07) is 13.7. The van der Waals surface area contributed by atoms with Gasteiger partial charge in [-0.1, -0.05) is 17.7 Å². The number of halogens is 1. The molecule has 1 saturated heterocycles. The topological polar surface area (TPSA) is 54.3 Å². The molecule has 1 aliphatic heterocycles. The van der Waals surface area contributed by atoms with Crippen molar-refractivity contribution in [2.75, 3.05) is 31.1 Å². The van der Waals surface area contributed by atoms with Crippen molar-refractivity contribution in [1.29, 1.82) is 0 Å². The van der Waals surface area contributed by atoms with Gasteiger partial charge in [-0.25, -0.2) is 9.67 Å². The Labute approximate surface area is 189 Å². The fourth-order valence-corrected chi connectivity index (χ4v) is 5.26. The van der Waals surface area contributed by atoms with E-state index in [1.165, 1.54) is 16.9 Å². The van der Waals surface area contributed by atoms with Crippen LogP contribution in [-0.4, -0.2) is 51.8 Å². The van der Waals surface area contributed by atoms with Crippen molar-refractivity contribution in [3.63, 3.8) is 0 Å². The van der Waals surface area contributed by atoms with Crippen LogP contribution in [0.1, 0.15) is 20.9 Å². The Bertz CT molecular complexity index is 1270. The van der Waals surface area contributed by atoms with Gasteiger partial charge in [0.05, 0.1) is 16.3 Å². The highest BCUT2D eigenvalue weighted by atomic mass is 35.5. The molecule has 4 aromatic rings. The maximum absolute atomic E-state index is 13.2. The predicted octanol–water partition coefficient (Wildman–Crippen LogP) is 4.71. The SMILES string of the molecule is Cc1ccnc(N2CCN(C(=O)c3cc4c(C)nn(-c5cccc(Cl)c5)c4s3)CC2)c1. The molecule has 6 nitrogen and oxygen atoms in total. The van der Waals surface area contributed by atoms with Crippen LogP contribution in [0.4, 0.5) is 5.82 Å². The first-order chi connectivity index (χ1) is 15.0. The summed E-state index contributed by atoms with van der Waals surface area (Å²) >= 11 is 7.65. The number of amides is 1. The normalized spacial score (nSPS) is 14.4. The van der Waals surface area contributed by atoms with E-state index >= 15 is 0 Å². The van der Waals surface area contributed by atoms with Gasteiger partial charge in [-0.3, -0.25) is 4.79 Å². The van der Waals surface area contributed by atoms with Gasteiger partial charge in [0.15, 0.2) is 0 Å². The highest BCUT2D eigenvalue weighted by Crippen LogP contribution is 2.32.